The Morgan fingerprint density at radius 2 is 1.81 bits per heavy atom. The number of likely N-dealkylation sites (tertiary alicyclic amines) is 1. The lowest BCUT2D eigenvalue weighted by Gasteiger charge is -2.51. The van der Waals surface area contributed by atoms with Crippen LogP contribution >= 0.6 is 11.6 Å². The van der Waals surface area contributed by atoms with Crippen LogP contribution in [0.25, 0.3) is 0 Å². The van der Waals surface area contributed by atoms with E-state index in [1.54, 1.807) is 17.0 Å². The Bertz CT molecular complexity index is 789. The number of piperidine rings is 1. The Morgan fingerprint density at radius 1 is 1.19 bits per heavy atom. The number of aliphatic hydroxyl groups is 1. The van der Waals surface area contributed by atoms with E-state index in [1.807, 2.05) is 39.8 Å². The third-order valence-corrected chi connectivity index (χ3v) is 7.16. The van der Waals surface area contributed by atoms with Crippen molar-refractivity contribution >= 4 is 23.4 Å². The van der Waals surface area contributed by atoms with E-state index in [0.717, 1.165) is 5.56 Å². The fourth-order valence-electron chi connectivity index (χ4n) is 4.71. The van der Waals surface area contributed by atoms with Gasteiger partial charge in [0, 0.05) is 42.7 Å². The van der Waals surface area contributed by atoms with E-state index in [0.29, 0.717) is 50.6 Å². The molecule has 1 aromatic carbocycles. The Labute approximate surface area is 190 Å². The van der Waals surface area contributed by atoms with E-state index < -0.39 is 17.1 Å². The molecule has 2 heterocycles. The minimum Gasteiger partial charge on any atom is -0.384 e. The van der Waals surface area contributed by atoms with Gasteiger partial charge in [0.25, 0.3) is 0 Å². The van der Waals surface area contributed by atoms with Crippen LogP contribution < -0.4 is 5.32 Å². The maximum Gasteiger partial charge on any atom is 0.245 e. The highest BCUT2D eigenvalue weighted by Crippen LogP contribution is 2.46. The van der Waals surface area contributed by atoms with E-state index in [9.17, 15) is 14.7 Å². The van der Waals surface area contributed by atoms with Crippen LogP contribution in [0.1, 0.15) is 52.5 Å². The van der Waals surface area contributed by atoms with E-state index in [4.69, 9.17) is 16.3 Å². The molecule has 6 nitrogen and oxygen atoms in total. The van der Waals surface area contributed by atoms with Gasteiger partial charge in [0.2, 0.25) is 11.8 Å². The Kier molecular flexibility index (Phi) is 7.34. The molecule has 0 bridgehead atoms. The number of amides is 2. The molecule has 31 heavy (non-hydrogen) atoms. The van der Waals surface area contributed by atoms with Crippen molar-refractivity contribution in [2.24, 2.45) is 17.3 Å². The highest BCUT2D eigenvalue weighted by atomic mass is 35.5. The molecule has 1 aromatic rings. The van der Waals surface area contributed by atoms with E-state index >= 15 is 0 Å². The quantitative estimate of drug-likeness (QED) is 0.721. The maximum atomic E-state index is 13.4. The molecule has 0 saturated carbocycles. The van der Waals surface area contributed by atoms with Crippen LogP contribution in [0.4, 0.5) is 0 Å². The van der Waals surface area contributed by atoms with Crippen LogP contribution in [-0.2, 0) is 19.9 Å². The summed E-state index contributed by atoms with van der Waals surface area (Å²) in [6, 6.07) is 6.69. The van der Waals surface area contributed by atoms with Crippen LogP contribution in [-0.4, -0.2) is 54.2 Å². The summed E-state index contributed by atoms with van der Waals surface area (Å²) < 4.78 is 5.34. The standard InChI is InChI=1S/C24H35ClN2O4/c1-16(2)20(26-21(28)17-9-13-31-14-10-17)22(29)27-12-11-24(30,23(3,4)15-27)18-5-7-19(25)8-6-18/h5-8,16-17,20,30H,9-15H2,1-4H3,(H,26,28)/t20-,24+/m1/s1. The molecule has 2 fully saturated rings. The molecule has 0 spiro atoms. The van der Waals surface area contributed by atoms with Crippen molar-refractivity contribution < 1.29 is 19.4 Å². The normalized spacial score (nSPS) is 25.3. The number of nitrogens with zero attached hydrogens (tertiary/aromatic N) is 1. The van der Waals surface area contributed by atoms with Crippen molar-refractivity contribution in [1.82, 2.24) is 10.2 Å². The average molecular weight is 451 g/mol. The summed E-state index contributed by atoms with van der Waals surface area (Å²) in [5.41, 5.74) is -0.823. The van der Waals surface area contributed by atoms with Gasteiger partial charge < -0.3 is 20.1 Å². The monoisotopic (exact) mass is 450 g/mol. The SMILES string of the molecule is CC(C)[C@@H](NC(=O)C1CCOCC1)C(=O)N1CC[C@](O)(c2ccc(Cl)cc2)C(C)(C)C1. The molecule has 0 aromatic heterocycles. The summed E-state index contributed by atoms with van der Waals surface area (Å²) in [5, 5.41) is 15.2. The number of benzene rings is 1. The van der Waals surface area contributed by atoms with Gasteiger partial charge in [-0.15, -0.1) is 0 Å². The zero-order chi connectivity index (χ0) is 22.8. The molecule has 0 radical (unpaired) electrons. The molecular weight excluding hydrogens is 416 g/mol. The number of carbonyl (C=O) groups is 2. The molecule has 0 unspecified atom stereocenters. The van der Waals surface area contributed by atoms with Crippen LogP contribution in [0.3, 0.4) is 0 Å². The number of hydrogen-bond donors (Lipinski definition) is 2. The predicted octanol–water partition coefficient (Wildman–Crippen LogP) is 3.35. The second kappa shape index (κ2) is 9.47. The van der Waals surface area contributed by atoms with Gasteiger partial charge in [0.05, 0.1) is 5.60 Å². The molecule has 172 valence electrons. The zero-order valence-electron chi connectivity index (χ0n) is 19.0. The highest BCUT2D eigenvalue weighted by Gasteiger charge is 2.50. The van der Waals surface area contributed by atoms with Crippen LogP contribution in [0.15, 0.2) is 24.3 Å². The van der Waals surface area contributed by atoms with Gasteiger partial charge in [0.1, 0.15) is 6.04 Å². The van der Waals surface area contributed by atoms with Gasteiger partial charge in [-0.25, -0.2) is 0 Å². The fourth-order valence-corrected chi connectivity index (χ4v) is 4.84. The molecule has 2 aliphatic heterocycles. The van der Waals surface area contributed by atoms with Gasteiger partial charge in [-0.05, 0) is 42.9 Å². The molecular formula is C24H35ClN2O4. The predicted molar refractivity (Wildman–Crippen MR) is 121 cm³/mol. The van der Waals surface area contributed by atoms with Gasteiger partial charge >= 0.3 is 0 Å². The van der Waals surface area contributed by atoms with E-state index in [-0.39, 0.29) is 23.7 Å². The van der Waals surface area contributed by atoms with Crippen molar-refractivity contribution in [3.05, 3.63) is 34.9 Å². The van der Waals surface area contributed by atoms with Crippen molar-refractivity contribution in [3.63, 3.8) is 0 Å². The number of rotatable bonds is 5. The second-order valence-corrected chi connectivity index (χ2v) is 10.3. The smallest absolute Gasteiger partial charge is 0.245 e. The number of ether oxygens (including phenoxy) is 1. The summed E-state index contributed by atoms with van der Waals surface area (Å²) >= 11 is 6.02. The molecule has 0 aliphatic carbocycles. The summed E-state index contributed by atoms with van der Waals surface area (Å²) in [4.78, 5) is 28.0. The van der Waals surface area contributed by atoms with Gasteiger partial charge in [-0.1, -0.05) is 51.4 Å². The zero-order valence-corrected chi connectivity index (χ0v) is 19.7. The summed E-state index contributed by atoms with van der Waals surface area (Å²) in [6.07, 6.45) is 1.80. The first-order chi connectivity index (χ1) is 14.5. The Balaban J connectivity index is 1.72. The third-order valence-electron chi connectivity index (χ3n) is 6.91. The second-order valence-electron chi connectivity index (χ2n) is 9.88. The average Bonchev–Trinajstić information content (AvgIpc) is 2.74. The molecule has 3 rings (SSSR count). The minimum atomic E-state index is -1.06. The topological polar surface area (TPSA) is 78.9 Å². The molecule has 2 N–H and O–H groups in total. The Hall–Kier alpha value is -1.63. The fraction of sp³-hybridized carbons (Fsp3) is 0.667. The summed E-state index contributed by atoms with van der Waals surface area (Å²) in [5.74, 6) is -0.280. The lowest BCUT2D eigenvalue weighted by molar-refractivity contribution is -0.157. The Morgan fingerprint density at radius 3 is 2.35 bits per heavy atom. The van der Waals surface area contributed by atoms with Crippen LogP contribution in [0.5, 0.6) is 0 Å². The van der Waals surface area contributed by atoms with Crippen molar-refractivity contribution in [2.45, 2.75) is 58.6 Å². The van der Waals surface area contributed by atoms with E-state index in [1.165, 1.54) is 0 Å². The van der Waals surface area contributed by atoms with Crippen LogP contribution in [0, 0.1) is 17.3 Å². The largest absolute Gasteiger partial charge is 0.384 e. The van der Waals surface area contributed by atoms with Gasteiger partial charge in [-0.2, -0.15) is 0 Å². The number of carbonyl (C=O) groups excluding carboxylic acids is 2. The minimum absolute atomic E-state index is 0.0310. The van der Waals surface area contributed by atoms with Crippen LogP contribution in [0.2, 0.25) is 5.02 Å². The lowest BCUT2D eigenvalue weighted by atomic mass is 9.66. The summed E-state index contributed by atoms with van der Waals surface area (Å²) in [6.45, 7) is 9.86. The first kappa shape index (κ1) is 24.0. The highest BCUT2D eigenvalue weighted by molar-refractivity contribution is 6.30. The van der Waals surface area contributed by atoms with Crippen molar-refractivity contribution in [3.8, 4) is 0 Å². The number of hydrogen-bond acceptors (Lipinski definition) is 4. The van der Waals surface area contributed by atoms with E-state index in [2.05, 4.69) is 5.32 Å². The maximum absolute atomic E-state index is 13.4. The molecule has 2 atom stereocenters. The van der Waals surface area contributed by atoms with Crippen molar-refractivity contribution in [2.75, 3.05) is 26.3 Å². The molecule has 2 saturated heterocycles. The van der Waals surface area contributed by atoms with Gasteiger partial charge in [0.15, 0.2) is 0 Å². The first-order valence-electron chi connectivity index (χ1n) is 11.2. The van der Waals surface area contributed by atoms with Crippen molar-refractivity contribution in [1.29, 1.82) is 0 Å². The third kappa shape index (κ3) is 5.07. The summed E-state index contributed by atoms with van der Waals surface area (Å²) in [7, 11) is 0. The molecule has 7 heteroatoms. The first-order valence-corrected chi connectivity index (χ1v) is 11.6. The molecule has 2 aliphatic rings. The van der Waals surface area contributed by atoms with Gasteiger partial charge in [-0.3, -0.25) is 9.59 Å². The number of halogens is 1. The number of nitrogens with one attached hydrogen (secondary N) is 1. The lowest BCUT2D eigenvalue weighted by Crippen LogP contribution is -2.60. The molecule has 2 amide bonds.